The molecule has 2 aromatic carbocycles. The standard InChI is InChI=1S/C14H13BrINO/c15-11-4-5-14(10(8-11)6-7-17)18-13-3-1-2-12(16)9-13/h1-5,8-9H,6-7,17H2. The second-order valence-electron chi connectivity index (χ2n) is 3.85. The van der Waals surface area contributed by atoms with Crippen molar-refractivity contribution in [3.05, 3.63) is 56.1 Å². The second kappa shape index (κ2) is 6.54. The second-order valence-corrected chi connectivity index (χ2v) is 6.01. The van der Waals surface area contributed by atoms with Crippen LogP contribution in [-0.2, 0) is 6.42 Å². The molecule has 0 atom stereocenters. The lowest BCUT2D eigenvalue weighted by atomic mass is 10.1. The summed E-state index contributed by atoms with van der Waals surface area (Å²) in [5.41, 5.74) is 6.74. The van der Waals surface area contributed by atoms with Gasteiger partial charge in [-0.1, -0.05) is 22.0 Å². The predicted octanol–water partition coefficient (Wildman–Crippen LogP) is 4.35. The molecule has 0 amide bonds. The molecule has 0 radical (unpaired) electrons. The Hall–Kier alpha value is -0.590. The fourth-order valence-corrected chi connectivity index (χ4v) is 2.58. The number of rotatable bonds is 4. The maximum absolute atomic E-state index is 5.92. The number of nitrogens with two attached hydrogens (primary N) is 1. The first-order valence-corrected chi connectivity index (χ1v) is 7.48. The van der Waals surface area contributed by atoms with Crippen molar-refractivity contribution in [2.45, 2.75) is 6.42 Å². The van der Waals surface area contributed by atoms with Crippen molar-refractivity contribution in [1.29, 1.82) is 0 Å². The van der Waals surface area contributed by atoms with Crippen LogP contribution in [0.4, 0.5) is 0 Å². The quantitative estimate of drug-likeness (QED) is 0.750. The van der Waals surface area contributed by atoms with E-state index in [0.29, 0.717) is 6.54 Å². The minimum absolute atomic E-state index is 0.610. The van der Waals surface area contributed by atoms with Crippen LogP contribution < -0.4 is 10.5 Å². The summed E-state index contributed by atoms with van der Waals surface area (Å²) in [6.07, 6.45) is 0.804. The number of hydrogen-bond donors (Lipinski definition) is 1. The van der Waals surface area contributed by atoms with Gasteiger partial charge in [-0.2, -0.15) is 0 Å². The molecule has 0 spiro atoms. The monoisotopic (exact) mass is 417 g/mol. The summed E-state index contributed by atoms with van der Waals surface area (Å²) < 4.78 is 8.11. The van der Waals surface area contributed by atoms with Gasteiger partial charge < -0.3 is 10.5 Å². The summed E-state index contributed by atoms with van der Waals surface area (Å²) in [4.78, 5) is 0. The van der Waals surface area contributed by atoms with Crippen LogP contribution in [0.2, 0.25) is 0 Å². The maximum Gasteiger partial charge on any atom is 0.130 e. The van der Waals surface area contributed by atoms with Crippen LogP contribution in [-0.4, -0.2) is 6.54 Å². The molecular formula is C14H13BrINO. The Morgan fingerprint density at radius 3 is 2.72 bits per heavy atom. The first-order valence-electron chi connectivity index (χ1n) is 5.61. The number of hydrogen-bond acceptors (Lipinski definition) is 2. The third-order valence-electron chi connectivity index (χ3n) is 2.46. The smallest absolute Gasteiger partial charge is 0.130 e. The highest BCUT2D eigenvalue weighted by molar-refractivity contribution is 14.1. The molecule has 0 bridgehead atoms. The topological polar surface area (TPSA) is 35.2 Å². The molecule has 0 saturated heterocycles. The lowest BCUT2D eigenvalue weighted by molar-refractivity contribution is 0.475. The number of benzene rings is 2. The van der Waals surface area contributed by atoms with E-state index in [1.165, 1.54) is 0 Å². The van der Waals surface area contributed by atoms with Crippen molar-refractivity contribution in [2.75, 3.05) is 6.54 Å². The van der Waals surface area contributed by atoms with Gasteiger partial charge in [-0.05, 0) is 77.5 Å². The molecule has 2 aromatic rings. The third-order valence-corrected chi connectivity index (χ3v) is 3.62. The van der Waals surface area contributed by atoms with E-state index >= 15 is 0 Å². The lowest BCUT2D eigenvalue weighted by Crippen LogP contribution is -2.04. The van der Waals surface area contributed by atoms with Gasteiger partial charge in [0.15, 0.2) is 0 Å². The Bertz CT molecular complexity index is 545. The molecular weight excluding hydrogens is 405 g/mol. The van der Waals surface area contributed by atoms with Gasteiger partial charge in [0.1, 0.15) is 11.5 Å². The van der Waals surface area contributed by atoms with Gasteiger partial charge in [0.25, 0.3) is 0 Å². The van der Waals surface area contributed by atoms with Crippen LogP contribution in [0.5, 0.6) is 11.5 Å². The van der Waals surface area contributed by atoms with Crippen LogP contribution in [0.25, 0.3) is 0 Å². The molecule has 94 valence electrons. The van der Waals surface area contributed by atoms with Gasteiger partial charge in [0, 0.05) is 8.04 Å². The first-order chi connectivity index (χ1) is 8.69. The Balaban J connectivity index is 2.28. The molecule has 18 heavy (non-hydrogen) atoms. The zero-order chi connectivity index (χ0) is 13.0. The SMILES string of the molecule is NCCc1cc(Br)ccc1Oc1cccc(I)c1. The van der Waals surface area contributed by atoms with Gasteiger partial charge in [0.05, 0.1) is 0 Å². The molecule has 0 fully saturated rings. The molecule has 0 heterocycles. The Kier molecular flexibility index (Phi) is 5.03. The molecule has 0 aromatic heterocycles. The minimum Gasteiger partial charge on any atom is -0.457 e. The van der Waals surface area contributed by atoms with Crippen LogP contribution in [0.1, 0.15) is 5.56 Å². The van der Waals surface area contributed by atoms with Gasteiger partial charge >= 0.3 is 0 Å². The molecule has 2 rings (SSSR count). The van der Waals surface area contributed by atoms with Crippen LogP contribution in [0, 0.1) is 3.57 Å². The van der Waals surface area contributed by atoms with Crippen molar-refractivity contribution in [3.8, 4) is 11.5 Å². The van der Waals surface area contributed by atoms with Gasteiger partial charge in [0.2, 0.25) is 0 Å². The average Bonchev–Trinajstić information content (AvgIpc) is 2.33. The van der Waals surface area contributed by atoms with Crippen molar-refractivity contribution in [2.24, 2.45) is 5.73 Å². The normalized spacial score (nSPS) is 10.4. The Labute approximate surface area is 129 Å². The van der Waals surface area contributed by atoms with Crippen molar-refractivity contribution in [1.82, 2.24) is 0 Å². The van der Waals surface area contributed by atoms with E-state index in [9.17, 15) is 0 Å². The summed E-state index contributed by atoms with van der Waals surface area (Å²) in [6.45, 7) is 0.610. The van der Waals surface area contributed by atoms with E-state index in [1.807, 2.05) is 36.4 Å². The summed E-state index contributed by atoms with van der Waals surface area (Å²) in [5.74, 6) is 1.72. The van der Waals surface area contributed by atoms with Crippen molar-refractivity contribution >= 4 is 38.5 Å². The van der Waals surface area contributed by atoms with Crippen molar-refractivity contribution in [3.63, 3.8) is 0 Å². The molecule has 0 aliphatic rings. The molecule has 2 N–H and O–H groups in total. The summed E-state index contributed by atoms with van der Waals surface area (Å²) in [6, 6.07) is 14.0. The largest absolute Gasteiger partial charge is 0.457 e. The lowest BCUT2D eigenvalue weighted by Gasteiger charge is -2.11. The van der Waals surface area contributed by atoms with E-state index in [4.69, 9.17) is 10.5 Å². The van der Waals surface area contributed by atoms with Crippen LogP contribution >= 0.6 is 38.5 Å². The van der Waals surface area contributed by atoms with E-state index in [1.54, 1.807) is 0 Å². The fourth-order valence-electron chi connectivity index (χ4n) is 1.66. The zero-order valence-electron chi connectivity index (χ0n) is 9.70. The van der Waals surface area contributed by atoms with Crippen LogP contribution in [0.15, 0.2) is 46.9 Å². The Morgan fingerprint density at radius 2 is 2.00 bits per heavy atom. The highest BCUT2D eigenvalue weighted by atomic mass is 127. The van der Waals surface area contributed by atoms with Gasteiger partial charge in [-0.15, -0.1) is 0 Å². The van der Waals surface area contributed by atoms with E-state index in [2.05, 4.69) is 44.6 Å². The average molecular weight is 418 g/mol. The first kappa shape index (κ1) is 13.8. The molecule has 0 aliphatic carbocycles. The third kappa shape index (κ3) is 3.70. The maximum atomic E-state index is 5.92. The molecule has 0 saturated carbocycles. The van der Waals surface area contributed by atoms with Gasteiger partial charge in [-0.25, -0.2) is 0 Å². The van der Waals surface area contributed by atoms with E-state index < -0.39 is 0 Å². The summed E-state index contributed by atoms with van der Waals surface area (Å²) in [7, 11) is 0. The van der Waals surface area contributed by atoms with Gasteiger partial charge in [-0.3, -0.25) is 0 Å². The predicted molar refractivity (Wildman–Crippen MR) is 86.1 cm³/mol. The fraction of sp³-hybridized carbons (Fsp3) is 0.143. The molecule has 4 heteroatoms. The summed E-state index contributed by atoms with van der Waals surface area (Å²) >= 11 is 5.74. The van der Waals surface area contributed by atoms with Crippen LogP contribution in [0.3, 0.4) is 0 Å². The van der Waals surface area contributed by atoms with Crippen molar-refractivity contribution < 1.29 is 4.74 Å². The minimum atomic E-state index is 0.610. The number of halogens is 2. The van der Waals surface area contributed by atoms with E-state index in [0.717, 1.165) is 31.5 Å². The number of ether oxygens (including phenoxy) is 1. The highest BCUT2D eigenvalue weighted by Crippen LogP contribution is 2.29. The summed E-state index contributed by atoms with van der Waals surface area (Å²) in [5, 5.41) is 0. The molecule has 0 aliphatic heterocycles. The molecule has 0 unspecified atom stereocenters. The van der Waals surface area contributed by atoms with E-state index in [-0.39, 0.29) is 0 Å². The molecule has 2 nitrogen and oxygen atoms in total. The zero-order valence-corrected chi connectivity index (χ0v) is 13.4. The highest BCUT2D eigenvalue weighted by Gasteiger charge is 2.05. The Morgan fingerprint density at radius 1 is 1.17 bits per heavy atom.